The lowest BCUT2D eigenvalue weighted by Gasteiger charge is -2.30. The van der Waals surface area contributed by atoms with Gasteiger partial charge in [0, 0.05) is 12.1 Å². The van der Waals surface area contributed by atoms with Crippen LogP contribution in [0.4, 0.5) is 5.95 Å². The van der Waals surface area contributed by atoms with Gasteiger partial charge in [-0.1, -0.05) is 12.1 Å². The molecule has 0 aliphatic carbocycles. The number of nitrogens with zero attached hydrogens (tertiary/aromatic N) is 3. The summed E-state index contributed by atoms with van der Waals surface area (Å²) in [6.07, 6.45) is 2.33. The Morgan fingerprint density at radius 3 is 2.89 bits per heavy atom. The molecule has 2 N–H and O–H groups in total. The molecule has 1 aromatic carbocycles. The zero-order valence-electron chi connectivity index (χ0n) is 10.4. The second-order valence-corrected chi connectivity index (χ2v) is 4.76. The molecule has 5 heteroatoms. The Morgan fingerprint density at radius 1 is 1.22 bits per heavy atom. The molecular formula is C13H17N5. The first kappa shape index (κ1) is 11.3. The zero-order chi connectivity index (χ0) is 12.4. The van der Waals surface area contributed by atoms with Gasteiger partial charge in [0.25, 0.3) is 0 Å². The summed E-state index contributed by atoms with van der Waals surface area (Å²) in [7, 11) is 0. The summed E-state index contributed by atoms with van der Waals surface area (Å²) in [6, 6.07) is 8.60. The molecule has 0 saturated carbocycles. The van der Waals surface area contributed by atoms with Crippen LogP contribution in [0.25, 0.3) is 11.0 Å². The van der Waals surface area contributed by atoms with Crippen molar-refractivity contribution in [3.05, 3.63) is 24.3 Å². The van der Waals surface area contributed by atoms with Crippen LogP contribution in [-0.4, -0.2) is 33.8 Å². The van der Waals surface area contributed by atoms with E-state index in [9.17, 15) is 0 Å². The summed E-state index contributed by atoms with van der Waals surface area (Å²) in [5.74, 6) is 0.620. The third kappa shape index (κ3) is 2.26. The van der Waals surface area contributed by atoms with E-state index in [1.165, 1.54) is 6.42 Å². The molecule has 5 nitrogen and oxygen atoms in total. The van der Waals surface area contributed by atoms with Crippen molar-refractivity contribution in [2.75, 3.05) is 11.9 Å². The van der Waals surface area contributed by atoms with Crippen molar-refractivity contribution in [3.63, 3.8) is 0 Å². The van der Waals surface area contributed by atoms with E-state index in [1.807, 2.05) is 24.3 Å². The summed E-state index contributed by atoms with van der Waals surface area (Å²) < 4.78 is 0. The number of para-hydroxylation sites is 1. The van der Waals surface area contributed by atoms with Crippen molar-refractivity contribution in [1.29, 1.82) is 0 Å². The highest BCUT2D eigenvalue weighted by Gasteiger charge is 2.21. The molecule has 0 bridgehead atoms. The van der Waals surface area contributed by atoms with Crippen molar-refractivity contribution < 1.29 is 0 Å². The second-order valence-electron chi connectivity index (χ2n) is 4.76. The van der Waals surface area contributed by atoms with Crippen LogP contribution in [-0.2, 0) is 0 Å². The number of anilines is 1. The van der Waals surface area contributed by atoms with Gasteiger partial charge in [0.1, 0.15) is 5.52 Å². The lowest BCUT2D eigenvalue weighted by molar-refractivity contribution is 0.388. The molecule has 3 rings (SSSR count). The number of hydrogen-bond acceptors (Lipinski definition) is 5. The van der Waals surface area contributed by atoms with Crippen molar-refractivity contribution in [1.82, 2.24) is 20.5 Å². The van der Waals surface area contributed by atoms with Crippen LogP contribution in [0.2, 0.25) is 0 Å². The molecular weight excluding hydrogens is 226 g/mol. The number of benzene rings is 1. The standard InChI is InChI=1S/C13H17N5/c1-9-10(7-4-8-14-9)15-13-16-11-5-2-3-6-12(11)17-18-13/h2-3,5-6,9-10,14H,4,7-8H2,1H3,(H,15,16,18). The highest BCUT2D eigenvalue weighted by molar-refractivity contribution is 5.74. The lowest BCUT2D eigenvalue weighted by Crippen LogP contribution is -2.46. The normalized spacial score (nSPS) is 24.1. The highest BCUT2D eigenvalue weighted by atomic mass is 15.3. The first-order valence-corrected chi connectivity index (χ1v) is 6.42. The summed E-state index contributed by atoms with van der Waals surface area (Å²) in [6.45, 7) is 3.28. The molecule has 1 aliphatic heterocycles. The van der Waals surface area contributed by atoms with Gasteiger partial charge < -0.3 is 10.6 Å². The van der Waals surface area contributed by atoms with E-state index >= 15 is 0 Å². The summed E-state index contributed by atoms with van der Waals surface area (Å²) in [4.78, 5) is 4.49. The average molecular weight is 243 g/mol. The topological polar surface area (TPSA) is 62.7 Å². The van der Waals surface area contributed by atoms with Crippen LogP contribution in [0.3, 0.4) is 0 Å². The van der Waals surface area contributed by atoms with Crippen LogP contribution in [0, 0.1) is 0 Å². The fraction of sp³-hybridized carbons (Fsp3) is 0.462. The van der Waals surface area contributed by atoms with Crippen molar-refractivity contribution >= 4 is 17.0 Å². The summed E-state index contributed by atoms with van der Waals surface area (Å²) in [5.41, 5.74) is 1.71. The van der Waals surface area contributed by atoms with Crippen molar-refractivity contribution in [2.24, 2.45) is 0 Å². The molecule has 2 aromatic rings. The third-order valence-corrected chi connectivity index (χ3v) is 3.44. The smallest absolute Gasteiger partial charge is 0.243 e. The van der Waals surface area contributed by atoms with Gasteiger partial charge in [-0.3, -0.25) is 0 Å². The predicted octanol–water partition coefficient (Wildman–Crippen LogP) is 1.58. The minimum atomic E-state index is 0.377. The number of hydrogen-bond donors (Lipinski definition) is 2. The number of nitrogens with one attached hydrogen (secondary N) is 2. The monoisotopic (exact) mass is 243 g/mol. The van der Waals surface area contributed by atoms with Crippen LogP contribution in [0.15, 0.2) is 24.3 Å². The Morgan fingerprint density at radius 2 is 2.06 bits per heavy atom. The van der Waals surface area contributed by atoms with E-state index in [1.54, 1.807) is 0 Å². The Bertz CT molecular complexity index is 542. The Balaban J connectivity index is 1.81. The van der Waals surface area contributed by atoms with Gasteiger partial charge in [-0.2, -0.15) is 0 Å². The molecule has 1 saturated heterocycles. The number of piperidine rings is 1. The van der Waals surface area contributed by atoms with Gasteiger partial charge in [-0.05, 0) is 38.4 Å². The maximum atomic E-state index is 4.49. The largest absolute Gasteiger partial charge is 0.349 e. The van der Waals surface area contributed by atoms with Crippen LogP contribution in [0.5, 0.6) is 0 Å². The Labute approximate surface area is 106 Å². The first-order chi connectivity index (χ1) is 8.83. The van der Waals surface area contributed by atoms with E-state index in [0.717, 1.165) is 24.0 Å². The molecule has 2 heterocycles. The van der Waals surface area contributed by atoms with Gasteiger partial charge in [-0.15, -0.1) is 10.2 Å². The van der Waals surface area contributed by atoms with Gasteiger partial charge in [0.2, 0.25) is 5.95 Å². The molecule has 2 atom stereocenters. The fourth-order valence-electron chi connectivity index (χ4n) is 2.35. The molecule has 0 radical (unpaired) electrons. The van der Waals surface area contributed by atoms with Crippen molar-refractivity contribution in [2.45, 2.75) is 31.8 Å². The SMILES string of the molecule is CC1NCCCC1Nc1nnc2ccccc2n1. The minimum absolute atomic E-state index is 0.377. The maximum Gasteiger partial charge on any atom is 0.243 e. The second kappa shape index (κ2) is 4.86. The van der Waals surface area contributed by atoms with Crippen LogP contribution < -0.4 is 10.6 Å². The fourth-order valence-corrected chi connectivity index (χ4v) is 2.35. The maximum absolute atomic E-state index is 4.49. The summed E-state index contributed by atoms with van der Waals surface area (Å²) in [5, 5.41) is 15.1. The van der Waals surface area contributed by atoms with E-state index < -0.39 is 0 Å². The zero-order valence-corrected chi connectivity index (χ0v) is 10.4. The minimum Gasteiger partial charge on any atom is -0.349 e. The van der Waals surface area contributed by atoms with Gasteiger partial charge >= 0.3 is 0 Å². The molecule has 18 heavy (non-hydrogen) atoms. The molecule has 94 valence electrons. The molecule has 0 spiro atoms. The van der Waals surface area contributed by atoms with Crippen molar-refractivity contribution in [3.8, 4) is 0 Å². The highest BCUT2D eigenvalue weighted by Crippen LogP contribution is 2.14. The number of aromatic nitrogens is 3. The molecule has 2 unspecified atom stereocenters. The third-order valence-electron chi connectivity index (χ3n) is 3.44. The van der Waals surface area contributed by atoms with E-state index in [0.29, 0.717) is 18.0 Å². The first-order valence-electron chi connectivity index (χ1n) is 6.42. The average Bonchev–Trinajstić information content (AvgIpc) is 2.41. The lowest BCUT2D eigenvalue weighted by atomic mass is 10.0. The van der Waals surface area contributed by atoms with E-state index in [2.05, 4.69) is 32.7 Å². The number of rotatable bonds is 2. The predicted molar refractivity (Wildman–Crippen MR) is 71.4 cm³/mol. The Kier molecular flexibility index (Phi) is 3.06. The Hall–Kier alpha value is -1.75. The molecule has 1 aliphatic rings. The molecule has 0 amide bonds. The van der Waals surface area contributed by atoms with Gasteiger partial charge in [0.15, 0.2) is 0 Å². The van der Waals surface area contributed by atoms with E-state index in [4.69, 9.17) is 0 Å². The van der Waals surface area contributed by atoms with Crippen LogP contribution in [0.1, 0.15) is 19.8 Å². The van der Waals surface area contributed by atoms with Crippen LogP contribution >= 0.6 is 0 Å². The van der Waals surface area contributed by atoms with Gasteiger partial charge in [-0.25, -0.2) is 4.98 Å². The van der Waals surface area contributed by atoms with Gasteiger partial charge in [0.05, 0.1) is 5.52 Å². The number of fused-ring (bicyclic) bond motifs is 1. The quantitative estimate of drug-likeness (QED) is 0.838. The summed E-state index contributed by atoms with van der Waals surface area (Å²) >= 11 is 0. The van der Waals surface area contributed by atoms with E-state index in [-0.39, 0.29) is 0 Å². The molecule has 1 fully saturated rings. The molecule has 1 aromatic heterocycles.